The van der Waals surface area contributed by atoms with Gasteiger partial charge in [-0.1, -0.05) is 29.8 Å². The average Bonchev–Trinajstić information content (AvgIpc) is 2.39. The van der Waals surface area contributed by atoms with E-state index in [-0.39, 0.29) is 11.9 Å². The van der Waals surface area contributed by atoms with E-state index in [1.165, 1.54) is 6.07 Å². The van der Waals surface area contributed by atoms with Crippen molar-refractivity contribution in [2.45, 2.75) is 19.4 Å². The Morgan fingerprint density at radius 1 is 1.21 bits per heavy atom. The molecule has 0 saturated carbocycles. The van der Waals surface area contributed by atoms with Gasteiger partial charge < -0.3 is 5.32 Å². The largest absolute Gasteiger partial charge is 0.313 e. The molecule has 3 heteroatoms. The molecule has 19 heavy (non-hydrogen) atoms. The van der Waals surface area contributed by atoms with Gasteiger partial charge in [-0.25, -0.2) is 4.39 Å². The topological polar surface area (TPSA) is 12.0 Å². The van der Waals surface area contributed by atoms with Crippen molar-refractivity contribution in [2.75, 3.05) is 7.05 Å². The molecular formula is C16H17ClFN. The van der Waals surface area contributed by atoms with Crippen molar-refractivity contribution in [1.29, 1.82) is 0 Å². The Bertz CT molecular complexity index is 568. The third-order valence-electron chi connectivity index (χ3n) is 3.29. The van der Waals surface area contributed by atoms with Crippen LogP contribution in [-0.4, -0.2) is 7.05 Å². The zero-order chi connectivity index (χ0) is 13.8. The maximum absolute atomic E-state index is 13.4. The number of hydrogen-bond acceptors (Lipinski definition) is 1. The van der Waals surface area contributed by atoms with E-state index in [0.717, 1.165) is 28.1 Å². The van der Waals surface area contributed by atoms with Gasteiger partial charge in [-0.05, 0) is 61.3 Å². The summed E-state index contributed by atoms with van der Waals surface area (Å²) >= 11 is 5.99. The third kappa shape index (κ3) is 3.55. The monoisotopic (exact) mass is 277 g/mol. The van der Waals surface area contributed by atoms with Crippen molar-refractivity contribution in [3.8, 4) is 0 Å². The number of nitrogens with one attached hydrogen (secondary N) is 1. The fourth-order valence-corrected chi connectivity index (χ4v) is 2.47. The highest BCUT2D eigenvalue weighted by molar-refractivity contribution is 6.30. The Balaban J connectivity index is 2.27. The number of rotatable bonds is 4. The summed E-state index contributed by atoms with van der Waals surface area (Å²) in [5, 5.41) is 3.97. The van der Waals surface area contributed by atoms with Crippen LogP contribution in [-0.2, 0) is 6.42 Å². The summed E-state index contributed by atoms with van der Waals surface area (Å²) in [6.45, 7) is 2.00. The van der Waals surface area contributed by atoms with Crippen molar-refractivity contribution < 1.29 is 4.39 Å². The first-order valence-electron chi connectivity index (χ1n) is 6.28. The molecule has 2 rings (SSSR count). The standard InChI is InChI=1S/C16H17ClFN/c1-11-6-7-14(18)10-15(11)16(19-2)9-12-4-3-5-13(17)8-12/h3-8,10,16,19H,9H2,1-2H3. The molecule has 0 radical (unpaired) electrons. The van der Waals surface area contributed by atoms with E-state index >= 15 is 0 Å². The third-order valence-corrected chi connectivity index (χ3v) is 3.53. The van der Waals surface area contributed by atoms with E-state index in [1.54, 1.807) is 6.07 Å². The van der Waals surface area contributed by atoms with E-state index < -0.39 is 0 Å². The molecule has 0 aliphatic heterocycles. The van der Waals surface area contributed by atoms with Crippen molar-refractivity contribution in [3.05, 3.63) is 70.0 Å². The molecule has 0 aromatic heterocycles. The van der Waals surface area contributed by atoms with Gasteiger partial charge in [-0.15, -0.1) is 0 Å². The molecule has 1 unspecified atom stereocenters. The molecule has 2 aromatic carbocycles. The van der Waals surface area contributed by atoms with Crippen LogP contribution in [0.15, 0.2) is 42.5 Å². The Morgan fingerprint density at radius 2 is 2.00 bits per heavy atom. The normalized spacial score (nSPS) is 12.4. The number of hydrogen-bond donors (Lipinski definition) is 1. The number of benzene rings is 2. The molecule has 0 amide bonds. The Labute approximate surface area is 118 Å². The van der Waals surface area contributed by atoms with E-state index in [1.807, 2.05) is 44.3 Å². The van der Waals surface area contributed by atoms with Gasteiger partial charge >= 0.3 is 0 Å². The Morgan fingerprint density at radius 3 is 2.68 bits per heavy atom. The van der Waals surface area contributed by atoms with Crippen molar-refractivity contribution >= 4 is 11.6 Å². The maximum atomic E-state index is 13.4. The SMILES string of the molecule is CNC(Cc1cccc(Cl)c1)c1cc(F)ccc1C. The average molecular weight is 278 g/mol. The first kappa shape index (κ1) is 14.0. The molecule has 0 spiro atoms. The van der Waals surface area contributed by atoms with Crippen LogP contribution in [0.4, 0.5) is 4.39 Å². The quantitative estimate of drug-likeness (QED) is 0.879. The zero-order valence-corrected chi connectivity index (χ0v) is 11.8. The summed E-state index contributed by atoms with van der Waals surface area (Å²) < 4.78 is 13.4. The fraction of sp³-hybridized carbons (Fsp3) is 0.250. The molecule has 1 N–H and O–H groups in total. The smallest absolute Gasteiger partial charge is 0.123 e. The van der Waals surface area contributed by atoms with Gasteiger partial charge in [0, 0.05) is 11.1 Å². The minimum Gasteiger partial charge on any atom is -0.313 e. The van der Waals surface area contributed by atoms with Crippen LogP contribution in [0.25, 0.3) is 0 Å². The Kier molecular flexibility index (Phi) is 4.56. The second kappa shape index (κ2) is 6.18. The summed E-state index contributed by atoms with van der Waals surface area (Å²) in [6, 6.07) is 12.7. The van der Waals surface area contributed by atoms with Gasteiger partial charge in [0.25, 0.3) is 0 Å². The maximum Gasteiger partial charge on any atom is 0.123 e. The molecule has 0 fully saturated rings. The minimum atomic E-state index is -0.202. The van der Waals surface area contributed by atoms with Crippen LogP contribution in [0.2, 0.25) is 5.02 Å². The molecule has 1 nitrogen and oxygen atoms in total. The van der Waals surface area contributed by atoms with E-state index in [4.69, 9.17) is 11.6 Å². The molecule has 0 aliphatic rings. The molecule has 0 heterocycles. The molecule has 1 atom stereocenters. The lowest BCUT2D eigenvalue weighted by molar-refractivity contribution is 0.574. The molecule has 0 bridgehead atoms. The summed E-state index contributed by atoms with van der Waals surface area (Å²) in [5.74, 6) is -0.202. The molecule has 2 aromatic rings. The number of likely N-dealkylation sites (N-methyl/N-ethyl adjacent to an activating group) is 1. The predicted molar refractivity (Wildman–Crippen MR) is 78.1 cm³/mol. The minimum absolute atomic E-state index is 0.0779. The molecule has 0 aliphatic carbocycles. The van der Waals surface area contributed by atoms with Gasteiger partial charge in [-0.2, -0.15) is 0 Å². The highest BCUT2D eigenvalue weighted by Gasteiger charge is 2.13. The second-order valence-electron chi connectivity index (χ2n) is 4.68. The highest BCUT2D eigenvalue weighted by Crippen LogP contribution is 2.23. The van der Waals surface area contributed by atoms with Gasteiger partial charge in [0.05, 0.1) is 0 Å². The van der Waals surface area contributed by atoms with Gasteiger partial charge in [0.2, 0.25) is 0 Å². The van der Waals surface area contributed by atoms with Crippen molar-refractivity contribution in [2.24, 2.45) is 0 Å². The zero-order valence-electron chi connectivity index (χ0n) is 11.1. The van der Waals surface area contributed by atoms with Crippen LogP contribution in [0.1, 0.15) is 22.7 Å². The summed E-state index contributed by atoms with van der Waals surface area (Å²) in [7, 11) is 1.89. The van der Waals surface area contributed by atoms with Crippen molar-refractivity contribution in [3.63, 3.8) is 0 Å². The highest BCUT2D eigenvalue weighted by atomic mass is 35.5. The fourth-order valence-electron chi connectivity index (χ4n) is 2.25. The number of aryl methyl sites for hydroxylation is 1. The lowest BCUT2D eigenvalue weighted by Crippen LogP contribution is -2.20. The van der Waals surface area contributed by atoms with E-state index in [2.05, 4.69) is 5.32 Å². The Hall–Kier alpha value is -1.38. The lowest BCUT2D eigenvalue weighted by Gasteiger charge is -2.19. The lowest BCUT2D eigenvalue weighted by atomic mass is 9.95. The first-order chi connectivity index (χ1) is 9.10. The molecule has 0 saturated heterocycles. The number of halogens is 2. The summed E-state index contributed by atoms with van der Waals surface area (Å²) in [5.41, 5.74) is 3.21. The van der Waals surface area contributed by atoms with Gasteiger partial charge in [-0.3, -0.25) is 0 Å². The second-order valence-corrected chi connectivity index (χ2v) is 5.11. The molecular weight excluding hydrogens is 261 g/mol. The molecule has 100 valence electrons. The van der Waals surface area contributed by atoms with E-state index in [0.29, 0.717) is 0 Å². The first-order valence-corrected chi connectivity index (χ1v) is 6.65. The van der Waals surface area contributed by atoms with Gasteiger partial charge in [0.15, 0.2) is 0 Å². The van der Waals surface area contributed by atoms with Crippen LogP contribution < -0.4 is 5.32 Å². The van der Waals surface area contributed by atoms with Crippen LogP contribution >= 0.6 is 11.6 Å². The van der Waals surface area contributed by atoms with Gasteiger partial charge in [0.1, 0.15) is 5.82 Å². The summed E-state index contributed by atoms with van der Waals surface area (Å²) in [6.07, 6.45) is 0.779. The van der Waals surface area contributed by atoms with Crippen LogP contribution in [0, 0.1) is 12.7 Å². The predicted octanol–water partition coefficient (Wildman–Crippen LogP) is 4.29. The van der Waals surface area contributed by atoms with Crippen LogP contribution in [0.3, 0.4) is 0 Å². The van der Waals surface area contributed by atoms with E-state index in [9.17, 15) is 4.39 Å². The van der Waals surface area contributed by atoms with Crippen LogP contribution in [0.5, 0.6) is 0 Å². The summed E-state index contributed by atoms with van der Waals surface area (Å²) in [4.78, 5) is 0. The van der Waals surface area contributed by atoms with Crippen molar-refractivity contribution in [1.82, 2.24) is 5.32 Å².